The smallest absolute Gasteiger partial charge is 0.350 e. The van der Waals surface area contributed by atoms with E-state index in [9.17, 15) is 19.2 Å². The Morgan fingerprint density at radius 3 is 2.53 bits per heavy atom. The Bertz CT molecular complexity index is 1300. The fraction of sp³-hybridized carbons (Fsp3) is 0.174. The van der Waals surface area contributed by atoms with E-state index in [0.717, 1.165) is 16.2 Å². The second-order valence-corrected chi connectivity index (χ2v) is 8.84. The van der Waals surface area contributed by atoms with Gasteiger partial charge in [0.25, 0.3) is 17.7 Å². The Labute approximate surface area is 203 Å². The maximum absolute atomic E-state index is 12.4. The van der Waals surface area contributed by atoms with Gasteiger partial charge in [-0.05, 0) is 49.4 Å². The van der Waals surface area contributed by atoms with Gasteiger partial charge in [0.1, 0.15) is 22.2 Å². The summed E-state index contributed by atoms with van der Waals surface area (Å²) >= 11 is 6.97. The fourth-order valence-electron chi connectivity index (χ4n) is 3.21. The van der Waals surface area contributed by atoms with Gasteiger partial charge < -0.3 is 14.8 Å². The first-order valence-corrected chi connectivity index (χ1v) is 11.2. The van der Waals surface area contributed by atoms with Gasteiger partial charge in [0, 0.05) is 17.8 Å². The number of rotatable bonds is 7. The monoisotopic (exact) mass is 499 g/mol. The molecule has 2 heterocycles. The van der Waals surface area contributed by atoms with Gasteiger partial charge in [-0.3, -0.25) is 19.3 Å². The molecule has 2 aromatic carbocycles. The molecule has 0 atom stereocenters. The molecule has 3 aromatic rings. The van der Waals surface area contributed by atoms with E-state index in [1.54, 1.807) is 31.2 Å². The number of halogens is 1. The van der Waals surface area contributed by atoms with Crippen LogP contribution in [0.3, 0.4) is 0 Å². The first-order chi connectivity index (χ1) is 16.2. The van der Waals surface area contributed by atoms with Crippen LogP contribution >= 0.6 is 22.9 Å². The average molecular weight is 500 g/mol. The summed E-state index contributed by atoms with van der Waals surface area (Å²) in [6.07, 6.45) is 0. The number of amides is 3. The standard InChI is InChI=1S/C23H18ClN3O6S/c1-12-20(34-19(25-12)11-32-15-6-3-13(24)4-7-15)23(31)33-10-18(28)26-14-5-8-16-17(9-14)22(30)27(2)21(16)29/h3-9H,10-11H2,1-2H3,(H,26,28). The minimum Gasteiger partial charge on any atom is -0.486 e. The van der Waals surface area contributed by atoms with Gasteiger partial charge in [-0.25, -0.2) is 9.78 Å². The summed E-state index contributed by atoms with van der Waals surface area (Å²) in [4.78, 5) is 54.3. The lowest BCUT2D eigenvalue weighted by molar-refractivity contribution is -0.119. The van der Waals surface area contributed by atoms with Crippen molar-refractivity contribution in [1.82, 2.24) is 9.88 Å². The van der Waals surface area contributed by atoms with Crippen LogP contribution in [0.5, 0.6) is 5.75 Å². The van der Waals surface area contributed by atoms with E-state index in [1.807, 2.05) is 0 Å². The van der Waals surface area contributed by atoms with E-state index < -0.39 is 30.3 Å². The van der Waals surface area contributed by atoms with Crippen LogP contribution in [0.25, 0.3) is 0 Å². The molecule has 0 saturated carbocycles. The minimum atomic E-state index is -0.681. The Balaban J connectivity index is 1.31. The zero-order chi connectivity index (χ0) is 24.4. The van der Waals surface area contributed by atoms with E-state index in [1.165, 1.54) is 25.2 Å². The van der Waals surface area contributed by atoms with Gasteiger partial charge in [-0.2, -0.15) is 0 Å². The topological polar surface area (TPSA) is 115 Å². The summed E-state index contributed by atoms with van der Waals surface area (Å²) in [6.45, 7) is 1.30. The van der Waals surface area contributed by atoms with E-state index in [0.29, 0.717) is 27.2 Å². The number of ether oxygens (including phenoxy) is 2. The van der Waals surface area contributed by atoms with Crippen molar-refractivity contribution < 1.29 is 28.7 Å². The second kappa shape index (κ2) is 9.62. The minimum absolute atomic E-state index is 0.162. The summed E-state index contributed by atoms with van der Waals surface area (Å²) in [7, 11) is 1.39. The molecular formula is C23H18ClN3O6S. The van der Waals surface area contributed by atoms with Crippen LogP contribution in [0.15, 0.2) is 42.5 Å². The summed E-state index contributed by atoms with van der Waals surface area (Å²) in [5.41, 5.74) is 1.26. The lowest BCUT2D eigenvalue weighted by Crippen LogP contribution is -2.24. The number of carbonyl (C=O) groups excluding carboxylic acids is 4. The number of imide groups is 1. The maximum atomic E-state index is 12.4. The van der Waals surface area contributed by atoms with Crippen LogP contribution in [-0.4, -0.2) is 47.2 Å². The number of hydrogen-bond acceptors (Lipinski definition) is 8. The molecule has 1 aliphatic heterocycles. The molecular weight excluding hydrogens is 482 g/mol. The third kappa shape index (κ3) is 4.92. The van der Waals surface area contributed by atoms with Gasteiger partial charge >= 0.3 is 5.97 Å². The number of aryl methyl sites for hydroxylation is 1. The molecule has 9 nitrogen and oxygen atoms in total. The molecule has 0 spiro atoms. The number of thiazole rings is 1. The predicted octanol–water partition coefficient (Wildman–Crippen LogP) is 3.71. The normalized spacial score (nSPS) is 12.5. The van der Waals surface area contributed by atoms with Crippen LogP contribution in [0.4, 0.5) is 5.69 Å². The number of anilines is 1. The van der Waals surface area contributed by atoms with Crippen LogP contribution in [0.2, 0.25) is 5.02 Å². The summed E-state index contributed by atoms with van der Waals surface area (Å²) < 4.78 is 10.8. The van der Waals surface area contributed by atoms with Crippen molar-refractivity contribution in [2.75, 3.05) is 19.0 Å². The molecule has 0 fully saturated rings. The SMILES string of the molecule is Cc1nc(COc2ccc(Cl)cc2)sc1C(=O)OCC(=O)Nc1ccc2c(c1)C(=O)N(C)C2=O. The zero-order valence-corrected chi connectivity index (χ0v) is 19.7. The number of nitrogens with zero attached hydrogens (tertiary/aromatic N) is 2. The van der Waals surface area contributed by atoms with Crippen molar-refractivity contribution in [3.8, 4) is 5.75 Å². The van der Waals surface area contributed by atoms with Gasteiger partial charge in [0.2, 0.25) is 0 Å². The molecule has 1 N–H and O–H groups in total. The van der Waals surface area contributed by atoms with Gasteiger partial charge in [0.05, 0.1) is 16.8 Å². The van der Waals surface area contributed by atoms with Crippen LogP contribution in [-0.2, 0) is 16.1 Å². The Kier molecular flexibility index (Phi) is 6.62. The quantitative estimate of drug-likeness (QED) is 0.389. The fourth-order valence-corrected chi connectivity index (χ4v) is 4.21. The lowest BCUT2D eigenvalue weighted by atomic mass is 10.1. The summed E-state index contributed by atoms with van der Waals surface area (Å²) in [6, 6.07) is 11.2. The summed E-state index contributed by atoms with van der Waals surface area (Å²) in [5.74, 6) is -1.50. The Morgan fingerprint density at radius 1 is 1.09 bits per heavy atom. The molecule has 0 bridgehead atoms. The van der Waals surface area contributed by atoms with Crippen molar-refractivity contribution in [2.24, 2.45) is 0 Å². The first kappa shape index (κ1) is 23.4. The van der Waals surface area contributed by atoms with Gasteiger partial charge in [0.15, 0.2) is 6.61 Å². The Hall–Kier alpha value is -3.76. The van der Waals surface area contributed by atoms with E-state index in [2.05, 4.69) is 10.3 Å². The number of nitrogens with one attached hydrogen (secondary N) is 1. The number of benzene rings is 2. The average Bonchev–Trinajstić information content (AvgIpc) is 3.30. The van der Waals surface area contributed by atoms with Crippen molar-refractivity contribution in [2.45, 2.75) is 13.5 Å². The van der Waals surface area contributed by atoms with Crippen LogP contribution < -0.4 is 10.1 Å². The molecule has 0 aliphatic carbocycles. The van der Waals surface area contributed by atoms with Gasteiger partial charge in [-0.15, -0.1) is 11.3 Å². The van der Waals surface area contributed by atoms with E-state index >= 15 is 0 Å². The lowest BCUT2D eigenvalue weighted by Gasteiger charge is -2.07. The first-order valence-electron chi connectivity index (χ1n) is 10.0. The van der Waals surface area contributed by atoms with Crippen molar-refractivity contribution in [3.05, 3.63) is 74.2 Å². The highest BCUT2D eigenvalue weighted by atomic mass is 35.5. The zero-order valence-electron chi connectivity index (χ0n) is 18.1. The predicted molar refractivity (Wildman–Crippen MR) is 124 cm³/mol. The van der Waals surface area contributed by atoms with Crippen molar-refractivity contribution in [3.63, 3.8) is 0 Å². The largest absolute Gasteiger partial charge is 0.486 e. The number of hydrogen-bond donors (Lipinski definition) is 1. The highest BCUT2D eigenvalue weighted by Gasteiger charge is 2.32. The number of carbonyl (C=O) groups is 4. The van der Waals surface area contributed by atoms with Gasteiger partial charge in [-0.1, -0.05) is 11.6 Å². The van der Waals surface area contributed by atoms with Crippen molar-refractivity contribution >= 4 is 52.3 Å². The third-order valence-electron chi connectivity index (χ3n) is 4.91. The van der Waals surface area contributed by atoms with Crippen LogP contribution in [0.1, 0.15) is 41.1 Å². The number of esters is 1. The molecule has 3 amide bonds. The maximum Gasteiger partial charge on any atom is 0.350 e. The molecule has 1 aromatic heterocycles. The molecule has 1 aliphatic rings. The van der Waals surface area contributed by atoms with Crippen LogP contribution in [0, 0.1) is 6.92 Å². The highest BCUT2D eigenvalue weighted by Crippen LogP contribution is 2.25. The number of fused-ring (bicyclic) bond motifs is 1. The molecule has 0 saturated heterocycles. The molecule has 4 rings (SSSR count). The second-order valence-electron chi connectivity index (χ2n) is 7.32. The number of aromatic nitrogens is 1. The third-order valence-corrected chi connectivity index (χ3v) is 6.27. The Morgan fingerprint density at radius 2 is 1.79 bits per heavy atom. The summed E-state index contributed by atoms with van der Waals surface area (Å²) in [5, 5.41) is 3.72. The van der Waals surface area contributed by atoms with E-state index in [-0.39, 0.29) is 22.6 Å². The van der Waals surface area contributed by atoms with Crippen molar-refractivity contribution in [1.29, 1.82) is 0 Å². The highest BCUT2D eigenvalue weighted by molar-refractivity contribution is 7.13. The molecule has 11 heteroatoms. The molecule has 174 valence electrons. The molecule has 0 unspecified atom stereocenters. The van der Waals surface area contributed by atoms with E-state index in [4.69, 9.17) is 21.1 Å². The molecule has 0 radical (unpaired) electrons. The molecule has 34 heavy (non-hydrogen) atoms.